The molecule has 3 amide bonds. The van der Waals surface area contributed by atoms with Gasteiger partial charge in [-0.25, -0.2) is 4.79 Å². The fourth-order valence-electron chi connectivity index (χ4n) is 5.42. The summed E-state index contributed by atoms with van der Waals surface area (Å²) in [6.07, 6.45) is 7.28. The molecule has 5 rings (SSSR count). The number of rotatable bonds is 7. The van der Waals surface area contributed by atoms with Gasteiger partial charge in [-0.3, -0.25) is 14.5 Å². The summed E-state index contributed by atoms with van der Waals surface area (Å²) >= 11 is 0. The summed E-state index contributed by atoms with van der Waals surface area (Å²) in [5.41, 5.74) is -0.0678. The molecular formula is C26H30N8O4. The van der Waals surface area contributed by atoms with Gasteiger partial charge in [0.15, 0.2) is 5.82 Å². The number of aryl methyl sites for hydroxylation is 1. The summed E-state index contributed by atoms with van der Waals surface area (Å²) in [5, 5.41) is 30.7. The number of fused-ring (bicyclic) bond motifs is 3. The van der Waals surface area contributed by atoms with Crippen molar-refractivity contribution in [2.45, 2.75) is 57.3 Å². The molecule has 0 fully saturated rings. The van der Waals surface area contributed by atoms with Crippen LogP contribution < -0.4 is 10.6 Å². The van der Waals surface area contributed by atoms with E-state index in [1.54, 1.807) is 19.1 Å². The molecule has 3 heterocycles. The highest BCUT2D eigenvalue weighted by atomic mass is 16.4. The molecule has 38 heavy (non-hydrogen) atoms. The second kappa shape index (κ2) is 9.77. The van der Waals surface area contributed by atoms with Crippen molar-refractivity contribution in [1.82, 2.24) is 41.1 Å². The van der Waals surface area contributed by atoms with Crippen molar-refractivity contribution >= 4 is 28.8 Å². The average molecular weight is 519 g/mol. The molecule has 198 valence electrons. The zero-order valence-corrected chi connectivity index (χ0v) is 21.2. The third-order valence-electron chi connectivity index (χ3n) is 7.52. The van der Waals surface area contributed by atoms with Crippen molar-refractivity contribution in [3.8, 4) is 0 Å². The first kappa shape index (κ1) is 25.2. The first-order valence-electron chi connectivity index (χ1n) is 12.6. The first-order valence-corrected chi connectivity index (χ1v) is 12.6. The Morgan fingerprint density at radius 1 is 1.21 bits per heavy atom. The van der Waals surface area contributed by atoms with Gasteiger partial charge in [0.2, 0.25) is 11.8 Å². The summed E-state index contributed by atoms with van der Waals surface area (Å²) in [6.45, 7) is 3.64. The number of hydrogen-bond donors (Lipinski definition) is 5. The van der Waals surface area contributed by atoms with Crippen LogP contribution in [0.4, 0.5) is 4.79 Å². The van der Waals surface area contributed by atoms with E-state index in [4.69, 9.17) is 0 Å². The third-order valence-corrected chi connectivity index (χ3v) is 7.52. The molecule has 1 aromatic carbocycles. The van der Waals surface area contributed by atoms with E-state index in [2.05, 4.69) is 36.2 Å². The van der Waals surface area contributed by atoms with E-state index >= 15 is 0 Å². The third kappa shape index (κ3) is 4.42. The number of benzene rings is 1. The highest BCUT2D eigenvalue weighted by molar-refractivity contribution is 5.94. The monoisotopic (exact) mass is 518 g/mol. The molecule has 5 N–H and O–H groups in total. The molecule has 12 heteroatoms. The quantitative estimate of drug-likeness (QED) is 0.299. The van der Waals surface area contributed by atoms with Gasteiger partial charge >= 0.3 is 6.09 Å². The summed E-state index contributed by atoms with van der Waals surface area (Å²) < 4.78 is 0. The van der Waals surface area contributed by atoms with Gasteiger partial charge < -0.3 is 20.7 Å². The van der Waals surface area contributed by atoms with E-state index in [1.165, 1.54) is 0 Å². The first-order chi connectivity index (χ1) is 18.3. The number of hydrogen-bond acceptors (Lipinski definition) is 6. The molecule has 1 aliphatic carbocycles. The topological polar surface area (TPSA) is 169 Å². The molecule has 2 aliphatic rings. The van der Waals surface area contributed by atoms with E-state index in [9.17, 15) is 19.5 Å². The fraction of sp³-hybridized carbons (Fsp3) is 0.385. The van der Waals surface area contributed by atoms with Crippen LogP contribution in [0.15, 0.2) is 48.6 Å². The Bertz CT molecular complexity index is 1430. The van der Waals surface area contributed by atoms with Crippen molar-refractivity contribution in [2.75, 3.05) is 0 Å². The number of nitrogens with one attached hydrogen (secondary N) is 4. The van der Waals surface area contributed by atoms with Crippen LogP contribution in [-0.2, 0) is 29.0 Å². The zero-order chi connectivity index (χ0) is 26.9. The van der Waals surface area contributed by atoms with Gasteiger partial charge in [-0.1, -0.05) is 48.6 Å². The minimum Gasteiger partial charge on any atom is -0.465 e. The van der Waals surface area contributed by atoms with Crippen LogP contribution in [0.25, 0.3) is 10.9 Å². The molecule has 0 radical (unpaired) electrons. The largest absolute Gasteiger partial charge is 0.465 e. The number of allylic oxidation sites excluding steroid dienone is 2. The lowest BCUT2D eigenvalue weighted by Crippen LogP contribution is -2.70. The molecule has 0 bridgehead atoms. The molecule has 3 aromatic rings. The van der Waals surface area contributed by atoms with E-state index in [0.717, 1.165) is 27.1 Å². The Labute approximate surface area is 218 Å². The number of aromatic amines is 2. The summed E-state index contributed by atoms with van der Waals surface area (Å²) in [5.74, 6) is -0.644. The van der Waals surface area contributed by atoms with E-state index in [-0.39, 0.29) is 37.6 Å². The summed E-state index contributed by atoms with van der Waals surface area (Å²) in [7, 11) is 0. The lowest BCUT2D eigenvalue weighted by atomic mass is 9.81. The van der Waals surface area contributed by atoms with Crippen LogP contribution in [0.5, 0.6) is 0 Å². The van der Waals surface area contributed by atoms with Crippen LogP contribution >= 0.6 is 0 Å². The second-order valence-corrected chi connectivity index (χ2v) is 9.91. The summed E-state index contributed by atoms with van der Waals surface area (Å²) in [6, 6.07) is 7.72. The standard InChI is InChI=1S/C26H30N8O4/c1-3-16-8-6-7-13-26(16,28-22(35)12-11-21-30-32-33-31-21)29-23(36)25(2)14-18-17-9-4-5-10-19(17)27-20(18)15-34(25)24(37)38/h4-10,13,16,27H,3,11-12,14-15H2,1-2H3,(H,28,35)(H,29,36)(H,37,38)(H,30,31,32,33). The Kier molecular flexibility index (Phi) is 6.47. The maximum Gasteiger partial charge on any atom is 0.408 e. The van der Waals surface area contributed by atoms with Crippen LogP contribution in [0.3, 0.4) is 0 Å². The number of tetrazole rings is 1. The fourth-order valence-corrected chi connectivity index (χ4v) is 5.42. The van der Waals surface area contributed by atoms with Crippen molar-refractivity contribution in [3.05, 3.63) is 65.7 Å². The van der Waals surface area contributed by atoms with E-state index in [1.807, 2.05) is 43.3 Å². The summed E-state index contributed by atoms with van der Waals surface area (Å²) in [4.78, 5) is 44.0. The van der Waals surface area contributed by atoms with Gasteiger partial charge in [0.05, 0.1) is 6.54 Å². The Hall–Kier alpha value is -4.48. The number of carbonyl (C=O) groups is 3. The molecule has 0 spiro atoms. The smallest absolute Gasteiger partial charge is 0.408 e. The molecule has 12 nitrogen and oxygen atoms in total. The number of carbonyl (C=O) groups excluding carboxylic acids is 2. The maximum absolute atomic E-state index is 14.1. The van der Waals surface area contributed by atoms with Crippen molar-refractivity contribution in [3.63, 3.8) is 0 Å². The van der Waals surface area contributed by atoms with Gasteiger partial charge in [0.25, 0.3) is 0 Å². The predicted octanol–water partition coefficient (Wildman–Crippen LogP) is 2.19. The number of H-pyrrole nitrogens is 2. The van der Waals surface area contributed by atoms with Gasteiger partial charge in [0, 0.05) is 41.8 Å². The number of carboxylic acid groups (broad SMARTS) is 1. The van der Waals surface area contributed by atoms with Gasteiger partial charge in [-0.15, -0.1) is 10.2 Å². The SMILES string of the molecule is CCC1C=CC=CC1(NC(=O)CCc1nn[nH]n1)NC(=O)C1(C)Cc2c([nH]c3ccccc23)CN1C(=O)O. The number of aromatic nitrogens is 5. The highest BCUT2D eigenvalue weighted by Crippen LogP contribution is 2.37. The Morgan fingerprint density at radius 2 is 2.03 bits per heavy atom. The lowest BCUT2D eigenvalue weighted by Gasteiger charge is -2.46. The molecule has 0 saturated carbocycles. The van der Waals surface area contributed by atoms with Gasteiger partial charge in [0.1, 0.15) is 11.2 Å². The minimum absolute atomic E-state index is 0.0419. The van der Waals surface area contributed by atoms with Crippen molar-refractivity contribution in [1.29, 1.82) is 0 Å². The maximum atomic E-state index is 14.1. The Morgan fingerprint density at radius 3 is 2.76 bits per heavy atom. The van der Waals surface area contributed by atoms with Gasteiger partial charge in [-0.05, 0) is 31.1 Å². The van der Waals surface area contributed by atoms with Crippen molar-refractivity contribution < 1.29 is 19.5 Å². The van der Waals surface area contributed by atoms with Crippen LogP contribution in [-0.4, -0.2) is 64.7 Å². The molecule has 2 aromatic heterocycles. The number of nitrogens with zero attached hydrogens (tertiary/aromatic N) is 4. The van der Waals surface area contributed by atoms with E-state index in [0.29, 0.717) is 12.2 Å². The number of para-hydroxylation sites is 1. The minimum atomic E-state index is -1.42. The molecule has 3 unspecified atom stereocenters. The average Bonchev–Trinajstić information content (AvgIpc) is 3.54. The molecule has 0 saturated heterocycles. The van der Waals surface area contributed by atoms with Crippen LogP contribution in [0, 0.1) is 5.92 Å². The molecule has 1 aliphatic heterocycles. The van der Waals surface area contributed by atoms with Crippen LogP contribution in [0.1, 0.15) is 43.8 Å². The highest BCUT2D eigenvalue weighted by Gasteiger charge is 2.50. The number of amides is 3. The molecule has 3 atom stereocenters. The lowest BCUT2D eigenvalue weighted by molar-refractivity contribution is -0.136. The predicted molar refractivity (Wildman–Crippen MR) is 138 cm³/mol. The second-order valence-electron chi connectivity index (χ2n) is 9.91. The Balaban J connectivity index is 1.45. The normalized spacial score (nSPS) is 24.3. The van der Waals surface area contributed by atoms with Crippen molar-refractivity contribution in [2.24, 2.45) is 5.92 Å². The van der Waals surface area contributed by atoms with E-state index < -0.39 is 23.2 Å². The van der Waals surface area contributed by atoms with Crippen LogP contribution in [0.2, 0.25) is 0 Å². The molecular weight excluding hydrogens is 488 g/mol. The van der Waals surface area contributed by atoms with Gasteiger partial charge in [-0.2, -0.15) is 5.21 Å². The zero-order valence-electron chi connectivity index (χ0n) is 21.2.